The second kappa shape index (κ2) is 6.23. The molecule has 3 aliphatic rings. The van der Waals surface area contributed by atoms with Crippen LogP contribution >= 0.6 is 0 Å². The van der Waals surface area contributed by atoms with Gasteiger partial charge < -0.3 is 28.6 Å². The summed E-state index contributed by atoms with van der Waals surface area (Å²) in [6.07, 6.45) is 1.93. The Labute approximate surface area is 158 Å². The van der Waals surface area contributed by atoms with Crippen LogP contribution in [0.5, 0.6) is 28.7 Å². The quantitative estimate of drug-likeness (QED) is 0.891. The SMILES string of the molecule is COc1ccc2c(c1OC)C[NH+]1CCc3cc4c(c(OC)c3C1C2)OCO4. The van der Waals surface area contributed by atoms with E-state index < -0.39 is 0 Å². The third-order valence-electron chi connectivity index (χ3n) is 6.08. The molecule has 2 aromatic rings. The monoisotopic (exact) mass is 370 g/mol. The highest BCUT2D eigenvalue weighted by atomic mass is 16.7. The van der Waals surface area contributed by atoms with Gasteiger partial charge in [-0.2, -0.15) is 0 Å². The molecule has 5 rings (SSSR count). The molecule has 3 heterocycles. The smallest absolute Gasteiger partial charge is 0.231 e. The molecule has 3 aliphatic heterocycles. The van der Waals surface area contributed by atoms with Crippen molar-refractivity contribution in [2.24, 2.45) is 0 Å². The first-order valence-electron chi connectivity index (χ1n) is 9.31. The van der Waals surface area contributed by atoms with Crippen molar-refractivity contribution in [2.75, 3.05) is 34.7 Å². The van der Waals surface area contributed by atoms with Crippen molar-refractivity contribution in [2.45, 2.75) is 25.4 Å². The minimum atomic E-state index is 0.260. The molecule has 0 amide bonds. The van der Waals surface area contributed by atoms with E-state index in [1.165, 1.54) is 27.2 Å². The molecule has 6 heteroatoms. The maximum Gasteiger partial charge on any atom is 0.231 e. The van der Waals surface area contributed by atoms with Crippen molar-refractivity contribution in [3.63, 3.8) is 0 Å². The minimum absolute atomic E-state index is 0.260. The van der Waals surface area contributed by atoms with Gasteiger partial charge >= 0.3 is 0 Å². The Hall–Kier alpha value is -2.60. The van der Waals surface area contributed by atoms with Crippen molar-refractivity contribution in [3.8, 4) is 28.7 Å². The van der Waals surface area contributed by atoms with Crippen molar-refractivity contribution in [1.82, 2.24) is 0 Å². The van der Waals surface area contributed by atoms with Crippen LogP contribution in [-0.2, 0) is 19.4 Å². The van der Waals surface area contributed by atoms with Crippen LogP contribution in [0, 0.1) is 0 Å². The van der Waals surface area contributed by atoms with Gasteiger partial charge in [0.05, 0.1) is 39.0 Å². The number of fused-ring (bicyclic) bond motifs is 5. The normalized spacial score (nSPS) is 21.7. The van der Waals surface area contributed by atoms with Crippen LogP contribution < -0.4 is 28.6 Å². The van der Waals surface area contributed by atoms with Crippen molar-refractivity contribution >= 4 is 0 Å². The zero-order chi connectivity index (χ0) is 18.5. The number of quaternary nitrogens is 1. The topological polar surface area (TPSA) is 50.6 Å². The second-order valence-electron chi connectivity index (χ2n) is 7.25. The summed E-state index contributed by atoms with van der Waals surface area (Å²) in [6, 6.07) is 6.65. The molecule has 6 nitrogen and oxygen atoms in total. The van der Waals surface area contributed by atoms with E-state index in [-0.39, 0.29) is 6.79 Å². The molecule has 27 heavy (non-hydrogen) atoms. The number of benzene rings is 2. The lowest BCUT2D eigenvalue weighted by molar-refractivity contribution is -0.949. The fourth-order valence-electron chi connectivity index (χ4n) is 4.86. The average Bonchev–Trinajstić information content (AvgIpc) is 3.17. The van der Waals surface area contributed by atoms with E-state index in [4.69, 9.17) is 23.7 Å². The number of ether oxygens (including phenoxy) is 5. The summed E-state index contributed by atoms with van der Waals surface area (Å²) in [5, 5.41) is 0. The number of nitrogens with one attached hydrogen (secondary N) is 1. The fraction of sp³-hybridized carbons (Fsp3) is 0.429. The van der Waals surface area contributed by atoms with E-state index >= 15 is 0 Å². The van der Waals surface area contributed by atoms with E-state index in [2.05, 4.69) is 12.1 Å². The van der Waals surface area contributed by atoms with Gasteiger partial charge in [0.25, 0.3) is 0 Å². The number of hydrogen-bond donors (Lipinski definition) is 1. The van der Waals surface area contributed by atoms with Crippen LogP contribution in [0.3, 0.4) is 0 Å². The molecule has 0 aliphatic carbocycles. The lowest BCUT2D eigenvalue weighted by atomic mass is 9.83. The van der Waals surface area contributed by atoms with Crippen LogP contribution in [-0.4, -0.2) is 34.7 Å². The van der Waals surface area contributed by atoms with Crippen molar-refractivity contribution in [1.29, 1.82) is 0 Å². The summed E-state index contributed by atoms with van der Waals surface area (Å²) in [6.45, 7) is 2.24. The second-order valence-corrected chi connectivity index (χ2v) is 7.25. The maximum absolute atomic E-state index is 5.81. The lowest BCUT2D eigenvalue weighted by Crippen LogP contribution is -3.13. The van der Waals surface area contributed by atoms with Gasteiger partial charge in [-0.1, -0.05) is 6.07 Å². The van der Waals surface area contributed by atoms with Crippen LogP contribution in [0.25, 0.3) is 0 Å². The molecule has 0 bridgehead atoms. The molecule has 0 spiro atoms. The predicted octanol–water partition coefficient (Wildman–Crippen LogP) is 1.68. The lowest BCUT2D eigenvalue weighted by Gasteiger charge is -2.39. The van der Waals surface area contributed by atoms with Gasteiger partial charge in [-0.15, -0.1) is 0 Å². The summed E-state index contributed by atoms with van der Waals surface area (Å²) in [4.78, 5) is 1.53. The Morgan fingerprint density at radius 1 is 1.00 bits per heavy atom. The molecule has 0 saturated heterocycles. The van der Waals surface area contributed by atoms with Gasteiger partial charge in [0.2, 0.25) is 12.5 Å². The van der Waals surface area contributed by atoms with Crippen molar-refractivity contribution in [3.05, 3.63) is 40.5 Å². The molecule has 0 radical (unpaired) electrons. The highest BCUT2D eigenvalue weighted by Crippen LogP contribution is 2.48. The molecular weight excluding hydrogens is 346 g/mol. The van der Waals surface area contributed by atoms with Gasteiger partial charge in [0.15, 0.2) is 23.0 Å². The van der Waals surface area contributed by atoms with E-state index in [1.807, 2.05) is 6.07 Å². The standard InChI is InChI=1S/C21H23NO5/c1-23-16-5-4-12-8-15-18-13(6-7-22(15)10-14(12)19(16)24-2)9-17-20(21(18)25-3)27-11-26-17/h4-5,9,15H,6-8,10-11H2,1-3H3/p+1. The summed E-state index contributed by atoms with van der Waals surface area (Å²) < 4.78 is 28.3. The summed E-state index contributed by atoms with van der Waals surface area (Å²) in [7, 11) is 5.12. The molecule has 0 aromatic heterocycles. The van der Waals surface area contributed by atoms with E-state index in [0.717, 1.165) is 54.7 Å². The average molecular weight is 370 g/mol. The highest BCUT2D eigenvalue weighted by molar-refractivity contribution is 5.62. The Kier molecular flexibility index (Phi) is 3.82. The van der Waals surface area contributed by atoms with Crippen LogP contribution in [0.15, 0.2) is 18.2 Å². The highest BCUT2D eigenvalue weighted by Gasteiger charge is 2.41. The predicted molar refractivity (Wildman–Crippen MR) is 98.3 cm³/mol. The largest absolute Gasteiger partial charge is 0.493 e. The van der Waals surface area contributed by atoms with Crippen LogP contribution in [0.2, 0.25) is 0 Å². The molecule has 142 valence electrons. The van der Waals surface area contributed by atoms with Crippen LogP contribution in [0.4, 0.5) is 0 Å². The molecule has 0 fully saturated rings. The number of rotatable bonds is 3. The zero-order valence-corrected chi connectivity index (χ0v) is 15.9. The Balaban J connectivity index is 1.62. The van der Waals surface area contributed by atoms with E-state index in [1.54, 1.807) is 21.3 Å². The molecule has 0 saturated carbocycles. The summed E-state index contributed by atoms with van der Waals surface area (Å²) >= 11 is 0. The summed E-state index contributed by atoms with van der Waals surface area (Å²) in [5.41, 5.74) is 5.15. The van der Waals surface area contributed by atoms with E-state index in [9.17, 15) is 0 Å². The van der Waals surface area contributed by atoms with Gasteiger partial charge in [-0.25, -0.2) is 0 Å². The third-order valence-corrected chi connectivity index (χ3v) is 6.08. The molecular formula is C21H24NO5+. The van der Waals surface area contributed by atoms with Crippen molar-refractivity contribution < 1.29 is 28.6 Å². The number of methoxy groups -OCH3 is 3. The third kappa shape index (κ3) is 2.36. The molecule has 2 aromatic carbocycles. The number of hydrogen-bond acceptors (Lipinski definition) is 5. The molecule has 2 unspecified atom stereocenters. The Morgan fingerprint density at radius 3 is 2.63 bits per heavy atom. The molecule has 2 atom stereocenters. The van der Waals surface area contributed by atoms with Gasteiger partial charge in [-0.3, -0.25) is 0 Å². The first kappa shape index (κ1) is 16.6. The summed E-state index contributed by atoms with van der Waals surface area (Å²) in [5.74, 6) is 4.05. The Morgan fingerprint density at radius 2 is 1.85 bits per heavy atom. The van der Waals surface area contributed by atoms with E-state index in [0.29, 0.717) is 6.04 Å². The van der Waals surface area contributed by atoms with Gasteiger partial charge in [0.1, 0.15) is 12.6 Å². The first-order valence-corrected chi connectivity index (χ1v) is 9.31. The maximum atomic E-state index is 5.81. The minimum Gasteiger partial charge on any atom is -0.493 e. The van der Waals surface area contributed by atoms with Gasteiger partial charge in [0, 0.05) is 12.8 Å². The van der Waals surface area contributed by atoms with Crippen LogP contribution in [0.1, 0.15) is 28.3 Å². The zero-order valence-electron chi connectivity index (χ0n) is 15.9. The van der Waals surface area contributed by atoms with Gasteiger partial charge in [-0.05, 0) is 23.3 Å². The fourth-order valence-corrected chi connectivity index (χ4v) is 4.86. The molecule has 1 N–H and O–H groups in total. The Bertz CT molecular complexity index is 910. The first-order chi connectivity index (χ1) is 13.2.